The van der Waals surface area contributed by atoms with Crippen LogP contribution in [-0.2, 0) is 33.2 Å². The van der Waals surface area contributed by atoms with Gasteiger partial charge in [0.2, 0.25) is 5.91 Å². The van der Waals surface area contributed by atoms with Gasteiger partial charge < -0.3 is 89.9 Å². The molecule has 3 aliphatic heterocycles. The molecule has 3 aliphatic rings. The average Bonchev–Trinajstić information content (AvgIpc) is 0.784. The minimum atomic E-state index is -1.98. The maximum absolute atomic E-state index is 13.5. The molecule has 0 spiro atoms. The molecule has 19 heteroatoms. The van der Waals surface area contributed by atoms with Crippen LogP contribution >= 0.6 is 0 Å². The smallest absolute Gasteiger partial charge is 0.220 e. The van der Waals surface area contributed by atoms with E-state index in [0.717, 1.165) is 38.5 Å². The topological polar surface area (TPSA) is 307 Å². The molecule has 3 rings (SSSR count). The monoisotopic (exact) mass is 1410 g/mol. The molecule has 99 heavy (non-hydrogen) atoms. The van der Waals surface area contributed by atoms with E-state index < -0.39 is 124 Å². The number of amides is 1. The molecule has 19 nitrogen and oxygen atoms in total. The Labute approximate surface area is 600 Å². The molecule has 3 fully saturated rings. The quantitative estimate of drug-likeness (QED) is 0.0199. The Hall–Kier alpha value is -1.73. The molecule has 0 bridgehead atoms. The second kappa shape index (κ2) is 61.4. The minimum Gasteiger partial charge on any atom is -0.394 e. The summed E-state index contributed by atoms with van der Waals surface area (Å²) in [4.78, 5) is 13.5. The number of nitrogens with one attached hydrogen (secondary N) is 1. The first-order valence-corrected chi connectivity index (χ1v) is 41.1. The van der Waals surface area contributed by atoms with Gasteiger partial charge in [0.25, 0.3) is 0 Å². The fourth-order valence-electron chi connectivity index (χ4n) is 14.2. The lowest BCUT2D eigenvalue weighted by Gasteiger charge is -2.48. The van der Waals surface area contributed by atoms with Crippen molar-refractivity contribution in [2.24, 2.45) is 0 Å². The molecule has 3 heterocycles. The van der Waals surface area contributed by atoms with Crippen molar-refractivity contribution >= 4 is 5.91 Å². The van der Waals surface area contributed by atoms with Crippen LogP contribution in [0.1, 0.15) is 348 Å². The van der Waals surface area contributed by atoms with Crippen molar-refractivity contribution in [2.45, 2.75) is 452 Å². The van der Waals surface area contributed by atoms with Gasteiger partial charge in [0, 0.05) is 6.42 Å². The van der Waals surface area contributed by atoms with E-state index in [9.17, 15) is 61.0 Å². The number of aliphatic hydroxyl groups is 11. The molecule has 1 amide bonds. The molecule has 0 aliphatic carbocycles. The van der Waals surface area contributed by atoms with Crippen LogP contribution < -0.4 is 5.32 Å². The lowest BCUT2D eigenvalue weighted by Crippen LogP contribution is -2.66. The molecule has 0 aromatic carbocycles. The van der Waals surface area contributed by atoms with Crippen LogP contribution in [0.15, 0.2) is 24.3 Å². The first kappa shape index (κ1) is 91.5. The predicted molar refractivity (Wildman–Crippen MR) is 393 cm³/mol. The Balaban J connectivity index is 1.38. The zero-order valence-corrected chi connectivity index (χ0v) is 62.5. The van der Waals surface area contributed by atoms with E-state index in [0.29, 0.717) is 12.8 Å². The number of carbonyl (C=O) groups excluding carboxylic acids is 1. The number of rotatable bonds is 66. The highest BCUT2D eigenvalue weighted by molar-refractivity contribution is 5.76. The van der Waals surface area contributed by atoms with Crippen LogP contribution in [0.3, 0.4) is 0 Å². The van der Waals surface area contributed by atoms with Crippen molar-refractivity contribution in [3.63, 3.8) is 0 Å². The average molecular weight is 1420 g/mol. The molecule has 0 aromatic heterocycles. The van der Waals surface area contributed by atoms with Gasteiger partial charge in [0.15, 0.2) is 18.9 Å². The number of unbranched alkanes of at least 4 members (excludes halogenated alkanes) is 48. The van der Waals surface area contributed by atoms with Crippen molar-refractivity contribution in [3.8, 4) is 0 Å². The molecule has 0 radical (unpaired) electrons. The van der Waals surface area contributed by atoms with Crippen molar-refractivity contribution in [2.75, 3.05) is 26.4 Å². The third-order valence-electron chi connectivity index (χ3n) is 20.8. The van der Waals surface area contributed by atoms with E-state index in [1.54, 1.807) is 6.08 Å². The fourth-order valence-corrected chi connectivity index (χ4v) is 14.2. The summed E-state index contributed by atoms with van der Waals surface area (Å²) in [6, 6.07) is -0.988. The van der Waals surface area contributed by atoms with Gasteiger partial charge in [-0.2, -0.15) is 0 Å². The van der Waals surface area contributed by atoms with E-state index in [4.69, 9.17) is 28.4 Å². The van der Waals surface area contributed by atoms with E-state index in [-0.39, 0.29) is 18.9 Å². The van der Waals surface area contributed by atoms with Gasteiger partial charge in [0.1, 0.15) is 73.2 Å². The third kappa shape index (κ3) is 41.7. The standard InChI is InChI=1S/C80H151NO18/c1-3-5-7-9-11-13-15-17-19-21-23-25-27-28-29-30-31-32-33-34-36-37-39-41-43-45-47-49-51-53-55-57-64(85)63(81-68(86)58-56-54-52-50-48-46-44-42-40-38-35-26-24-22-20-18-16-14-12-10-8-6-4-2)62-94-78-74(92)71(89)76(66(60-83)96-78)99-80-75(93)72(90)77(67(61-84)97-80)98-79-73(91)70(88)69(87)65(59-82)95-79/h47,49,55,57,63-67,69-80,82-85,87-93H,3-46,48,50-54,56,58-62H2,1-2H3,(H,81,86)/b49-47+,57-55+. The van der Waals surface area contributed by atoms with Crippen LogP contribution in [-0.4, -0.2) is 193 Å². The normalized spacial score (nSPS) is 26.7. The Morgan fingerprint density at radius 2 is 0.646 bits per heavy atom. The molecule has 584 valence electrons. The van der Waals surface area contributed by atoms with Gasteiger partial charge in [-0.25, -0.2) is 0 Å². The highest BCUT2D eigenvalue weighted by Gasteiger charge is 2.54. The lowest BCUT2D eigenvalue weighted by molar-refractivity contribution is -0.379. The van der Waals surface area contributed by atoms with E-state index in [1.807, 2.05) is 6.08 Å². The molecule has 3 saturated heterocycles. The van der Waals surface area contributed by atoms with Crippen LogP contribution in [0.4, 0.5) is 0 Å². The lowest BCUT2D eigenvalue weighted by atomic mass is 9.96. The van der Waals surface area contributed by atoms with E-state index in [1.165, 1.54) is 276 Å². The number of hydrogen-bond donors (Lipinski definition) is 12. The Morgan fingerprint density at radius 1 is 0.354 bits per heavy atom. The maximum atomic E-state index is 13.5. The second-order valence-electron chi connectivity index (χ2n) is 29.6. The Kier molecular flexibility index (Phi) is 56.8. The third-order valence-corrected chi connectivity index (χ3v) is 20.8. The number of carbonyl (C=O) groups is 1. The molecular weight excluding hydrogens is 1260 g/mol. The van der Waals surface area contributed by atoms with Crippen molar-refractivity contribution < 1.29 is 89.4 Å². The van der Waals surface area contributed by atoms with Gasteiger partial charge >= 0.3 is 0 Å². The molecule has 0 aromatic rings. The zero-order valence-electron chi connectivity index (χ0n) is 62.5. The molecule has 12 N–H and O–H groups in total. The van der Waals surface area contributed by atoms with Gasteiger partial charge in [-0.05, 0) is 32.1 Å². The van der Waals surface area contributed by atoms with Gasteiger partial charge in [0.05, 0.1) is 38.6 Å². The first-order valence-electron chi connectivity index (χ1n) is 41.1. The van der Waals surface area contributed by atoms with Gasteiger partial charge in [-0.1, -0.05) is 334 Å². The SMILES string of the molecule is CCCCCCCCCCCCCCCCCCCCCCCCCCC/C=C/CC/C=C/C(O)C(COC1OC(CO)C(OC2OC(CO)C(OC3OC(CO)C(O)C(O)C3O)C(O)C2O)C(O)C1O)NC(=O)CCCCCCCCCCCCCCCCCCCCCCCCC. The highest BCUT2D eigenvalue weighted by atomic mass is 16.8. The van der Waals surface area contributed by atoms with Crippen molar-refractivity contribution in [1.82, 2.24) is 5.32 Å². The van der Waals surface area contributed by atoms with E-state index in [2.05, 4.69) is 31.3 Å². The summed E-state index contributed by atoms with van der Waals surface area (Å²) < 4.78 is 34.4. The van der Waals surface area contributed by atoms with Crippen molar-refractivity contribution in [3.05, 3.63) is 24.3 Å². The summed E-state index contributed by atoms with van der Waals surface area (Å²) >= 11 is 0. The fraction of sp³-hybridized carbons (Fsp3) is 0.938. The van der Waals surface area contributed by atoms with E-state index >= 15 is 0 Å². The largest absolute Gasteiger partial charge is 0.394 e. The number of allylic oxidation sites excluding steroid dienone is 3. The first-order chi connectivity index (χ1) is 48.3. The molecular formula is C80H151NO18. The summed E-state index contributed by atoms with van der Waals surface area (Å²) in [5, 5.41) is 121. The van der Waals surface area contributed by atoms with Crippen LogP contribution in [0, 0.1) is 0 Å². The number of hydrogen-bond acceptors (Lipinski definition) is 18. The second-order valence-corrected chi connectivity index (χ2v) is 29.6. The highest BCUT2D eigenvalue weighted by Crippen LogP contribution is 2.33. The predicted octanol–water partition coefficient (Wildman–Crippen LogP) is 13.7. The summed E-state index contributed by atoms with van der Waals surface area (Å²) in [5.41, 5.74) is 0. The maximum Gasteiger partial charge on any atom is 0.220 e. The number of ether oxygens (including phenoxy) is 6. The van der Waals surface area contributed by atoms with Crippen LogP contribution in [0.5, 0.6) is 0 Å². The van der Waals surface area contributed by atoms with Crippen LogP contribution in [0.2, 0.25) is 0 Å². The minimum absolute atomic E-state index is 0.241. The summed E-state index contributed by atoms with van der Waals surface area (Å²) in [6.45, 7) is 1.78. The Bertz CT molecular complexity index is 1880. The zero-order chi connectivity index (χ0) is 71.8. The summed E-state index contributed by atoms with van der Waals surface area (Å²) in [6.07, 6.45) is 47.5. The van der Waals surface area contributed by atoms with Gasteiger partial charge in [-0.15, -0.1) is 0 Å². The number of aliphatic hydroxyl groups excluding tert-OH is 11. The van der Waals surface area contributed by atoms with Crippen LogP contribution in [0.25, 0.3) is 0 Å². The molecule has 17 atom stereocenters. The Morgan fingerprint density at radius 3 is 1.01 bits per heavy atom. The molecule has 17 unspecified atom stereocenters. The summed E-state index contributed by atoms with van der Waals surface area (Å²) in [7, 11) is 0. The molecule has 0 saturated carbocycles. The summed E-state index contributed by atoms with van der Waals surface area (Å²) in [5.74, 6) is -0.277. The van der Waals surface area contributed by atoms with Gasteiger partial charge in [-0.3, -0.25) is 4.79 Å². The van der Waals surface area contributed by atoms with Crippen molar-refractivity contribution in [1.29, 1.82) is 0 Å².